The second kappa shape index (κ2) is 8.08. The third kappa shape index (κ3) is 6.09. The molecule has 10 heteroatoms. The Morgan fingerprint density at radius 2 is 2.00 bits per heavy atom. The Labute approximate surface area is 140 Å². The summed E-state index contributed by atoms with van der Waals surface area (Å²) in [5.74, 6) is -0.797. The molecule has 25 heavy (non-hydrogen) atoms. The number of rotatable bonds is 6. The molecule has 0 unspecified atom stereocenters. The van der Waals surface area contributed by atoms with Gasteiger partial charge in [0.25, 0.3) is 5.91 Å². The van der Waals surface area contributed by atoms with Gasteiger partial charge in [0.15, 0.2) is 17.5 Å². The van der Waals surface area contributed by atoms with Crippen LogP contribution in [-0.4, -0.2) is 31.3 Å². The number of anilines is 1. The number of guanidine groups is 1. The Balaban J connectivity index is 1.86. The fraction of sp³-hybridized carbons (Fsp3) is 0.200. The smallest absolute Gasteiger partial charge is 0.459 e. The lowest BCUT2D eigenvalue weighted by atomic mass is 10.3. The van der Waals surface area contributed by atoms with Crippen LogP contribution in [0.25, 0.3) is 0 Å². The van der Waals surface area contributed by atoms with Gasteiger partial charge in [-0.3, -0.25) is 9.79 Å². The van der Waals surface area contributed by atoms with E-state index in [1.165, 1.54) is 30.5 Å². The van der Waals surface area contributed by atoms with Crippen molar-refractivity contribution in [2.75, 3.05) is 18.4 Å². The third-order valence-corrected chi connectivity index (χ3v) is 2.80. The van der Waals surface area contributed by atoms with Crippen molar-refractivity contribution >= 4 is 17.6 Å². The number of para-hydroxylation sites is 2. The quantitative estimate of drug-likeness (QED) is 0.419. The number of nitrogens with two attached hydrogens (primary N) is 1. The second-order valence-electron chi connectivity index (χ2n) is 4.67. The SMILES string of the molecule is NC(=NCCNC(=O)c1ccco1)Nc1ccccc1OC(F)(F)F. The standard InChI is InChI=1S/C15H15F3N4O3/c16-15(17,18)25-11-5-2-1-4-10(11)22-14(19)21-8-7-20-13(23)12-6-3-9-24-12/h1-6,9H,7-8H2,(H,20,23)(H3,19,21,22). The molecular weight excluding hydrogens is 341 g/mol. The highest BCUT2D eigenvalue weighted by Crippen LogP contribution is 2.29. The van der Waals surface area contributed by atoms with Gasteiger partial charge in [-0.1, -0.05) is 12.1 Å². The minimum Gasteiger partial charge on any atom is -0.459 e. The molecule has 4 N–H and O–H groups in total. The van der Waals surface area contributed by atoms with Crippen LogP contribution in [0.1, 0.15) is 10.6 Å². The van der Waals surface area contributed by atoms with Crippen LogP contribution in [0.15, 0.2) is 52.1 Å². The average molecular weight is 356 g/mol. The van der Waals surface area contributed by atoms with E-state index in [9.17, 15) is 18.0 Å². The highest BCUT2D eigenvalue weighted by molar-refractivity contribution is 5.94. The van der Waals surface area contributed by atoms with Gasteiger partial charge in [-0.25, -0.2) is 0 Å². The molecule has 0 spiro atoms. The minimum atomic E-state index is -4.82. The number of furan rings is 1. The van der Waals surface area contributed by atoms with Gasteiger partial charge in [-0.15, -0.1) is 13.2 Å². The van der Waals surface area contributed by atoms with Gasteiger partial charge in [-0.05, 0) is 24.3 Å². The number of hydrogen-bond donors (Lipinski definition) is 3. The van der Waals surface area contributed by atoms with E-state index in [0.717, 1.165) is 6.07 Å². The van der Waals surface area contributed by atoms with Crippen molar-refractivity contribution in [1.82, 2.24) is 5.32 Å². The Bertz CT molecular complexity index is 730. The average Bonchev–Trinajstić information content (AvgIpc) is 3.06. The number of nitrogens with one attached hydrogen (secondary N) is 2. The van der Waals surface area contributed by atoms with Gasteiger partial charge in [-0.2, -0.15) is 0 Å². The number of benzene rings is 1. The number of amides is 1. The maximum atomic E-state index is 12.3. The molecule has 0 aliphatic rings. The first-order chi connectivity index (χ1) is 11.8. The zero-order chi connectivity index (χ0) is 18.3. The molecule has 0 radical (unpaired) electrons. The van der Waals surface area contributed by atoms with Crippen molar-refractivity contribution in [3.05, 3.63) is 48.4 Å². The summed E-state index contributed by atoms with van der Waals surface area (Å²) in [7, 11) is 0. The van der Waals surface area contributed by atoms with Crippen molar-refractivity contribution < 1.29 is 27.1 Å². The summed E-state index contributed by atoms with van der Waals surface area (Å²) >= 11 is 0. The van der Waals surface area contributed by atoms with Gasteiger partial charge in [0.1, 0.15) is 0 Å². The van der Waals surface area contributed by atoms with E-state index in [2.05, 4.69) is 20.4 Å². The maximum Gasteiger partial charge on any atom is 0.573 e. The molecular formula is C15H15F3N4O3. The first-order valence-electron chi connectivity index (χ1n) is 7.08. The summed E-state index contributed by atoms with van der Waals surface area (Å²) in [5, 5.41) is 5.07. The van der Waals surface area contributed by atoms with Crippen LogP contribution >= 0.6 is 0 Å². The lowest BCUT2D eigenvalue weighted by molar-refractivity contribution is -0.274. The van der Waals surface area contributed by atoms with Crippen LogP contribution in [0.2, 0.25) is 0 Å². The molecule has 0 aliphatic heterocycles. The van der Waals surface area contributed by atoms with E-state index in [1.807, 2.05) is 0 Å². The summed E-state index contributed by atoms with van der Waals surface area (Å²) in [6, 6.07) is 8.50. The fourth-order valence-corrected chi connectivity index (χ4v) is 1.80. The molecule has 0 fully saturated rings. The Hall–Kier alpha value is -3.17. The largest absolute Gasteiger partial charge is 0.573 e. The topological polar surface area (TPSA) is 102 Å². The number of carbonyl (C=O) groups is 1. The minimum absolute atomic E-state index is 0.0145. The zero-order valence-electron chi connectivity index (χ0n) is 12.8. The van der Waals surface area contributed by atoms with E-state index in [4.69, 9.17) is 10.2 Å². The van der Waals surface area contributed by atoms with Gasteiger partial charge in [0.2, 0.25) is 0 Å². The van der Waals surface area contributed by atoms with Crippen LogP contribution in [0.3, 0.4) is 0 Å². The summed E-state index contributed by atoms with van der Waals surface area (Å²) in [5.41, 5.74) is 5.64. The van der Waals surface area contributed by atoms with Gasteiger partial charge in [0, 0.05) is 6.54 Å². The Morgan fingerprint density at radius 3 is 2.68 bits per heavy atom. The molecule has 7 nitrogen and oxygen atoms in total. The van der Waals surface area contributed by atoms with Gasteiger partial charge in [0.05, 0.1) is 18.5 Å². The summed E-state index contributed by atoms with van der Waals surface area (Å²) in [6.07, 6.45) is -3.45. The number of hydrogen-bond acceptors (Lipinski definition) is 4. The molecule has 134 valence electrons. The van der Waals surface area contributed by atoms with Gasteiger partial charge < -0.3 is 25.5 Å². The van der Waals surface area contributed by atoms with Crippen molar-refractivity contribution in [3.8, 4) is 5.75 Å². The van der Waals surface area contributed by atoms with Crippen molar-refractivity contribution in [2.24, 2.45) is 10.7 Å². The first kappa shape index (κ1) is 18.2. The van der Waals surface area contributed by atoms with Crippen molar-refractivity contribution in [1.29, 1.82) is 0 Å². The maximum absolute atomic E-state index is 12.3. The molecule has 1 heterocycles. The summed E-state index contributed by atoms with van der Waals surface area (Å²) in [6.45, 7) is 0.288. The van der Waals surface area contributed by atoms with Gasteiger partial charge >= 0.3 is 6.36 Å². The van der Waals surface area contributed by atoms with E-state index in [1.54, 1.807) is 6.07 Å². The fourth-order valence-electron chi connectivity index (χ4n) is 1.80. The normalized spacial score (nSPS) is 11.9. The van der Waals surface area contributed by atoms with E-state index in [0.29, 0.717) is 0 Å². The number of nitrogens with zero attached hydrogens (tertiary/aromatic N) is 1. The molecule has 2 rings (SSSR count). The number of aliphatic imine (C=N–C) groups is 1. The predicted octanol–water partition coefficient (Wildman–Crippen LogP) is 2.33. The lowest BCUT2D eigenvalue weighted by Crippen LogP contribution is -2.28. The van der Waals surface area contributed by atoms with Crippen LogP contribution in [0.5, 0.6) is 5.75 Å². The number of alkyl halides is 3. The highest BCUT2D eigenvalue weighted by Gasteiger charge is 2.32. The van der Waals surface area contributed by atoms with Crippen molar-refractivity contribution in [3.63, 3.8) is 0 Å². The summed E-state index contributed by atoms with van der Waals surface area (Å²) < 4.78 is 45.8. The Kier molecular flexibility index (Phi) is 5.88. The molecule has 1 aromatic carbocycles. The number of ether oxygens (including phenoxy) is 1. The first-order valence-corrected chi connectivity index (χ1v) is 7.08. The third-order valence-electron chi connectivity index (χ3n) is 2.80. The molecule has 0 saturated carbocycles. The zero-order valence-corrected chi connectivity index (χ0v) is 12.8. The lowest BCUT2D eigenvalue weighted by Gasteiger charge is -2.14. The number of halogens is 3. The van der Waals surface area contributed by atoms with Crippen LogP contribution in [0.4, 0.5) is 18.9 Å². The molecule has 2 aromatic rings. The molecule has 1 aromatic heterocycles. The highest BCUT2D eigenvalue weighted by atomic mass is 19.4. The van der Waals surface area contributed by atoms with Crippen molar-refractivity contribution in [2.45, 2.75) is 6.36 Å². The molecule has 0 bridgehead atoms. The van der Waals surface area contributed by atoms with Crippen LogP contribution in [-0.2, 0) is 0 Å². The van der Waals surface area contributed by atoms with E-state index < -0.39 is 18.0 Å². The van der Waals surface area contributed by atoms with Crippen LogP contribution < -0.4 is 21.1 Å². The van der Waals surface area contributed by atoms with Crippen LogP contribution in [0, 0.1) is 0 Å². The summed E-state index contributed by atoms with van der Waals surface area (Å²) in [4.78, 5) is 15.5. The Morgan fingerprint density at radius 1 is 1.24 bits per heavy atom. The molecule has 0 aliphatic carbocycles. The second-order valence-corrected chi connectivity index (χ2v) is 4.67. The monoisotopic (exact) mass is 356 g/mol. The predicted molar refractivity (Wildman–Crippen MR) is 84.3 cm³/mol. The number of carbonyl (C=O) groups excluding carboxylic acids is 1. The molecule has 1 amide bonds. The molecule has 0 atom stereocenters. The van der Waals surface area contributed by atoms with E-state index >= 15 is 0 Å². The molecule has 0 saturated heterocycles. The van der Waals surface area contributed by atoms with E-state index in [-0.39, 0.29) is 30.5 Å².